The van der Waals surface area contributed by atoms with E-state index in [0.717, 1.165) is 31.9 Å². The van der Waals surface area contributed by atoms with Gasteiger partial charge in [-0.15, -0.1) is 0 Å². The molecule has 1 aliphatic heterocycles. The first-order chi connectivity index (χ1) is 13.4. The Morgan fingerprint density at radius 1 is 1.07 bits per heavy atom. The summed E-state index contributed by atoms with van der Waals surface area (Å²) in [5.41, 5.74) is 1.61. The van der Waals surface area contributed by atoms with E-state index >= 15 is 0 Å². The van der Waals surface area contributed by atoms with Gasteiger partial charge in [-0.25, -0.2) is 12.8 Å². The molecular weight excluding hydrogens is 377 g/mol. The molecule has 1 saturated heterocycles. The van der Waals surface area contributed by atoms with E-state index in [1.165, 1.54) is 12.1 Å². The van der Waals surface area contributed by atoms with Gasteiger partial charge in [-0.1, -0.05) is 6.07 Å². The van der Waals surface area contributed by atoms with Crippen LogP contribution in [0.4, 0.5) is 10.1 Å². The van der Waals surface area contributed by atoms with Crippen molar-refractivity contribution in [1.82, 2.24) is 9.88 Å². The fraction of sp³-hybridized carbons (Fsp3) is 0.333. The standard InChI is InChI=1S/C21H24FN3O2S/c1-15(2)25-14-21(19-12-16(22)6-7-20(19)25)28(26,27)18-5-3-4-17(13-18)24-10-8-23-9-11-24/h3-7,12-15,23H,8-11H2,1-2H3. The van der Waals surface area contributed by atoms with Gasteiger partial charge in [-0.2, -0.15) is 0 Å². The number of nitrogens with one attached hydrogen (secondary N) is 1. The smallest absolute Gasteiger partial charge is 0.208 e. The molecule has 7 heteroatoms. The van der Waals surface area contributed by atoms with Gasteiger partial charge in [0.2, 0.25) is 9.84 Å². The SMILES string of the molecule is CC(C)n1cc(S(=O)(=O)c2cccc(N3CCNCC3)c2)c2cc(F)ccc21. The molecule has 1 aromatic heterocycles. The van der Waals surface area contributed by atoms with Crippen LogP contribution in [-0.2, 0) is 9.84 Å². The molecule has 0 atom stereocenters. The van der Waals surface area contributed by atoms with Gasteiger partial charge in [0.05, 0.1) is 9.79 Å². The summed E-state index contributed by atoms with van der Waals surface area (Å²) in [6.45, 7) is 7.37. The van der Waals surface area contributed by atoms with E-state index in [4.69, 9.17) is 0 Å². The monoisotopic (exact) mass is 401 g/mol. The highest BCUT2D eigenvalue weighted by Gasteiger charge is 2.25. The van der Waals surface area contributed by atoms with Crippen molar-refractivity contribution in [2.75, 3.05) is 31.1 Å². The quantitative estimate of drug-likeness (QED) is 0.726. The third-order valence-corrected chi connectivity index (χ3v) is 6.99. The summed E-state index contributed by atoms with van der Waals surface area (Å²) in [6.07, 6.45) is 1.63. The van der Waals surface area contributed by atoms with Crippen LogP contribution in [0.3, 0.4) is 0 Å². The number of piperazine rings is 1. The molecule has 2 heterocycles. The molecule has 1 N–H and O–H groups in total. The molecule has 2 aromatic carbocycles. The zero-order chi connectivity index (χ0) is 19.9. The van der Waals surface area contributed by atoms with Crippen LogP contribution in [0.25, 0.3) is 10.9 Å². The third-order valence-electron chi connectivity index (χ3n) is 5.21. The van der Waals surface area contributed by atoms with Crippen LogP contribution in [-0.4, -0.2) is 39.2 Å². The van der Waals surface area contributed by atoms with E-state index in [1.54, 1.807) is 30.5 Å². The van der Waals surface area contributed by atoms with Crippen molar-refractivity contribution < 1.29 is 12.8 Å². The molecule has 1 fully saturated rings. The van der Waals surface area contributed by atoms with Crippen LogP contribution in [0.15, 0.2) is 58.5 Å². The molecule has 0 saturated carbocycles. The lowest BCUT2D eigenvalue weighted by atomic mass is 10.2. The van der Waals surface area contributed by atoms with Gasteiger partial charge in [0, 0.05) is 55.0 Å². The Labute approximate surface area is 164 Å². The average molecular weight is 402 g/mol. The van der Waals surface area contributed by atoms with E-state index in [2.05, 4.69) is 10.2 Å². The van der Waals surface area contributed by atoms with Crippen molar-refractivity contribution in [3.8, 4) is 0 Å². The second kappa shape index (κ2) is 7.22. The fourth-order valence-electron chi connectivity index (χ4n) is 3.73. The second-order valence-corrected chi connectivity index (χ2v) is 9.31. The van der Waals surface area contributed by atoms with Gasteiger partial charge in [-0.05, 0) is 50.2 Å². The third kappa shape index (κ3) is 3.29. The first-order valence-electron chi connectivity index (χ1n) is 9.49. The van der Waals surface area contributed by atoms with Crippen LogP contribution in [0.2, 0.25) is 0 Å². The van der Waals surface area contributed by atoms with E-state index in [-0.39, 0.29) is 15.8 Å². The normalized spacial score (nSPS) is 15.5. The van der Waals surface area contributed by atoms with Crippen LogP contribution in [0, 0.1) is 5.82 Å². The number of fused-ring (bicyclic) bond motifs is 1. The van der Waals surface area contributed by atoms with Crippen LogP contribution < -0.4 is 10.2 Å². The predicted octanol–water partition coefficient (Wildman–Crippen LogP) is 3.60. The molecule has 148 valence electrons. The van der Waals surface area contributed by atoms with Gasteiger partial charge in [0.15, 0.2) is 0 Å². The average Bonchev–Trinajstić information content (AvgIpc) is 3.08. The molecule has 0 aliphatic carbocycles. The summed E-state index contributed by atoms with van der Waals surface area (Å²) < 4.78 is 42.7. The largest absolute Gasteiger partial charge is 0.369 e. The van der Waals surface area contributed by atoms with Gasteiger partial charge >= 0.3 is 0 Å². The highest BCUT2D eigenvalue weighted by atomic mass is 32.2. The lowest BCUT2D eigenvalue weighted by Crippen LogP contribution is -2.43. The number of benzene rings is 2. The highest BCUT2D eigenvalue weighted by Crippen LogP contribution is 2.33. The maximum Gasteiger partial charge on any atom is 0.208 e. The van der Waals surface area contributed by atoms with E-state index in [9.17, 15) is 12.8 Å². The first kappa shape index (κ1) is 19.0. The number of anilines is 1. The molecule has 0 radical (unpaired) electrons. The molecular formula is C21H24FN3O2S. The zero-order valence-electron chi connectivity index (χ0n) is 16.0. The number of hydrogen-bond donors (Lipinski definition) is 1. The minimum atomic E-state index is -3.79. The Kier molecular flexibility index (Phi) is 4.89. The molecule has 0 amide bonds. The predicted molar refractivity (Wildman–Crippen MR) is 109 cm³/mol. The summed E-state index contributed by atoms with van der Waals surface area (Å²) in [5.74, 6) is -0.444. The van der Waals surface area contributed by atoms with E-state index in [0.29, 0.717) is 10.9 Å². The molecule has 0 unspecified atom stereocenters. The number of rotatable bonds is 4. The number of sulfone groups is 1. The van der Waals surface area contributed by atoms with Crippen molar-refractivity contribution in [3.63, 3.8) is 0 Å². The Morgan fingerprint density at radius 3 is 2.54 bits per heavy atom. The summed E-state index contributed by atoms with van der Waals surface area (Å²) in [7, 11) is -3.79. The summed E-state index contributed by atoms with van der Waals surface area (Å²) >= 11 is 0. The molecule has 0 bridgehead atoms. The maximum atomic E-state index is 13.9. The lowest BCUT2D eigenvalue weighted by Gasteiger charge is -2.29. The van der Waals surface area contributed by atoms with Crippen molar-refractivity contribution in [2.45, 2.75) is 29.7 Å². The van der Waals surface area contributed by atoms with Crippen LogP contribution in [0.5, 0.6) is 0 Å². The highest BCUT2D eigenvalue weighted by molar-refractivity contribution is 7.91. The molecule has 1 aliphatic rings. The van der Waals surface area contributed by atoms with E-state index in [1.807, 2.05) is 24.5 Å². The lowest BCUT2D eigenvalue weighted by molar-refractivity contribution is 0.587. The Bertz CT molecular complexity index is 1120. The number of halogens is 1. The molecule has 3 aromatic rings. The van der Waals surface area contributed by atoms with Crippen molar-refractivity contribution in [3.05, 3.63) is 54.5 Å². The number of nitrogens with zero attached hydrogens (tertiary/aromatic N) is 2. The van der Waals surface area contributed by atoms with Gasteiger partial charge in [0.25, 0.3) is 0 Å². The molecule has 5 nitrogen and oxygen atoms in total. The van der Waals surface area contributed by atoms with Crippen LogP contribution >= 0.6 is 0 Å². The van der Waals surface area contributed by atoms with Crippen LogP contribution in [0.1, 0.15) is 19.9 Å². The summed E-state index contributed by atoms with van der Waals surface area (Å²) in [4.78, 5) is 2.55. The Balaban J connectivity index is 1.84. The minimum absolute atomic E-state index is 0.0593. The maximum absolute atomic E-state index is 13.9. The summed E-state index contributed by atoms with van der Waals surface area (Å²) in [6, 6.07) is 11.4. The van der Waals surface area contributed by atoms with Gasteiger partial charge in [-0.3, -0.25) is 0 Å². The zero-order valence-corrected chi connectivity index (χ0v) is 16.8. The minimum Gasteiger partial charge on any atom is -0.369 e. The van der Waals surface area contributed by atoms with Crippen molar-refractivity contribution in [1.29, 1.82) is 0 Å². The molecule has 4 rings (SSSR count). The first-order valence-corrected chi connectivity index (χ1v) is 11.0. The second-order valence-electron chi connectivity index (χ2n) is 7.39. The number of hydrogen-bond acceptors (Lipinski definition) is 4. The van der Waals surface area contributed by atoms with Crippen molar-refractivity contribution in [2.24, 2.45) is 0 Å². The fourth-order valence-corrected chi connectivity index (χ4v) is 5.23. The van der Waals surface area contributed by atoms with Gasteiger partial charge in [0.1, 0.15) is 5.82 Å². The molecule has 0 spiro atoms. The Hall–Kier alpha value is -2.38. The van der Waals surface area contributed by atoms with Crippen molar-refractivity contribution >= 4 is 26.4 Å². The Morgan fingerprint density at radius 2 is 1.82 bits per heavy atom. The van der Waals surface area contributed by atoms with E-state index < -0.39 is 15.7 Å². The number of aromatic nitrogens is 1. The van der Waals surface area contributed by atoms with Gasteiger partial charge < -0.3 is 14.8 Å². The summed E-state index contributed by atoms with van der Waals surface area (Å²) in [5, 5.41) is 3.71. The molecule has 28 heavy (non-hydrogen) atoms. The topological polar surface area (TPSA) is 54.3 Å².